The molecule has 2 aromatic rings. The number of nitrogens with one attached hydrogen (secondary N) is 2. The number of hydroxylamine groups is 2. The summed E-state index contributed by atoms with van der Waals surface area (Å²) in [6.07, 6.45) is 3.14. The molecule has 3 aliphatic carbocycles. The van der Waals surface area contributed by atoms with Gasteiger partial charge in [-0.3, -0.25) is 14.4 Å². The van der Waals surface area contributed by atoms with Crippen LogP contribution in [0.25, 0.3) is 11.1 Å². The van der Waals surface area contributed by atoms with Crippen molar-refractivity contribution < 1.29 is 24.3 Å². The lowest BCUT2D eigenvalue weighted by Crippen LogP contribution is -2.61. The van der Waals surface area contributed by atoms with Gasteiger partial charge in [0.2, 0.25) is 5.91 Å². The second-order valence-electron chi connectivity index (χ2n) is 15.4. The number of ether oxygens (including phenoxy) is 1. The van der Waals surface area contributed by atoms with Gasteiger partial charge in [-0.2, -0.15) is 5.06 Å². The third-order valence-electron chi connectivity index (χ3n) is 11.0. The van der Waals surface area contributed by atoms with Crippen molar-refractivity contribution in [3.8, 4) is 16.9 Å². The number of aliphatic hydroxyl groups is 1. The zero-order chi connectivity index (χ0) is 34.0. The molecule has 0 spiro atoms. The van der Waals surface area contributed by atoms with Gasteiger partial charge in [-0.15, -0.1) is 0 Å². The number of aliphatic hydroxyl groups excluding tert-OH is 1. The summed E-state index contributed by atoms with van der Waals surface area (Å²) in [5, 5.41) is 18.3. The van der Waals surface area contributed by atoms with Crippen molar-refractivity contribution in [3.05, 3.63) is 53.6 Å². The average molecular weight is 649 g/mol. The molecule has 3 N–H and O–H groups in total. The molecule has 0 aromatic heterocycles. The molecule has 9 nitrogen and oxygen atoms in total. The first-order valence-corrected chi connectivity index (χ1v) is 17.4. The number of hydrogen-bond acceptors (Lipinski definition) is 7. The van der Waals surface area contributed by atoms with Gasteiger partial charge in [0.25, 0.3) is 5.91 Å². The van der Waals surface area contributed by atoms with Crippen LogP contribution < -0.4 is 15.4 Å². The Morgan fingerprint density at radius 2 is 1.87 bits per heavy atom. The third-order valence-corrected chi connectivity index (χ3v) is 11.0. The van der Waals surface area contributed by atoms with Crippen LogP contribution in [0.3, 0.4) is 0 Å². The largest absolute Gasteiger partial charge is 0.496 e. The number of amides is 2. The number of hydrogen-bond donors (Lipinski definition) is 3. The summed E-state index contributed by atoms with van der Waals surface area (Å²) in [5.74, 6) is 2.67. The molecule has 6 rings (SSSR count). The van der Waals surface area contributed by atoms with Crippen molar-refractivity contribution in [3.63, 3.8) is 0 Å². The molecule has 7 atom stereocenters. The normalized spacial score (nSPS) is 27.4. The van der Waals surface area contributed by atoms with Crippen LogP contribution >= 0.6 is 0 Å². The quantitative estimate of drug-likeness (QED) is 0.277. The SMILES string of the molecule is COc1c(CN2O[C@@H](CO)C[C@H]2C(=O)N[C@H]2C[C@H]3C[C@@H]([C@@H]2C)C3(C)C)cccc1-c1cccc(C(=O)N[C@@H](CC(C)C)CN(C)C)c1. The van der Waals surface area contributed by atoms with E-state index in [-0.39, 0.29) is 30.5 Å². The number of fused-ring (bicyclic) bond motifs is 2. The number of likely N-dealkylation sites (N-methyl/N-ethyl adjacent to an activating group) is 1. The Morgan fingerprint density at radius 3 is 2.51 bits per heavy atom. The summed E-state index contributed by atoms with van der Waals surface area (Å²) in [7, 11) is 5.68. The molecule has 4 fully saturated rings. The van der Waals surface area contributed by atoms with Crippen LogP contribution in [0, 0.1) is 29.1 Å². The lowest BCUT2D eigenvalue weighted by atomic mass is 9.45. The van der Waals surface area contributed by atoms with Crippen molar-refractivity contribution in [1.82, 2.24) is 20.6 Å². The fourth-order valence-corrected chi connectivity index (χ4v) is 8.42. The van der Waals surface area contributed by atoms with Gasteiger partial charge < -0.3 is 25.4 Å². The first-order valence-electron chi connectivity index (χ1n) is 17.4. The predicted molar refractivity (Wildman–Crippen MR) is 185 cm³/mol. The molecule has 2 amide bonds. The maximum Gasteiger partial charge on any atom is 0.251 e. The molecule has 258 valence electrons. The van der Waals surface area contributed by atoms with Crippen LogP contribution in [0.1, 0.15) is 76.2 Å². The maximum absolute atomic E-state index is 13.8. The number of carbonyl (C=O) groups excluding carboxylic acids is 2. The number of carbonyl (C=O) groups is 2. The van der Waals surface area contributed by atoms with E-state index in [1.165, 1.54) is 6.42 Å². The molecule has 4 aliphatic rings. The molecule has 0 radical (unpaired) electrons. The minimum absolute atomic E-state index is 0.0456. The Labute approximate surface area is 281 Å². The lowest BCUT2D eigenvalue weighted by Gasteiger charge is -2.62. The van der Waals surface area contributed by atoms with Crippen molar-refractivity contribution in [2.75, 3.05) is 34.4 Å². The van der Waals surface area contributed by atoms with Crippen LogP contribution in [0.5, 0.6) is 5.75 Å². The molecule has 1 heterocycles. The first-order chi connectivity index (χ1) is 22.3. The van der Waals surface area contributed by atoms with E-state index in [4.69, 9.17) is 9.57 Å². The van der Waals surface area contributed by atoms with Crippen LogP contribution in [0.4, 0.5) is 0 Å². The smallest absolute Gasteiger partial charge is 0.251 e. The Hall–Kier alpha value is -2.98. The van der Waals surface area contributed by atoms with Crippen molar-refractivity contribution >= 4 is 11.8 Å². The molecule has 1 aliphatic heterocycles. The summed E-state index contributed by atoms with van der Waals surface area (Å²) in [5.41, 5.74) is 3.50. The highest BCUT2D eigenvalue weighted by atomic mass is 16.7. The zero-order valence-corrected chi connectivity index (χ0v) is 29.6. The van der Waals surface area contributed by atoms with E-state index in [1.54, 1.807) is 12.2 Å². The first kappa shape index (κ1) is 35.3. The van der Waals surface area contributed by atoms with Gasteiger partial charge in [-0.1, -0.05) is 65.0 Å². The number of para-hydroxylation sites is 1. The molecular weight excluding hydrogens is 592 g/mol. The van der Waals surface area contributed by atoms with Crippen molar-refractivity contribution in [2.24, 2.45) is 29.1 Å². The number of benzene rings is 2. The second kappa shape index (κ2) is 14.6. The summed E-state index contributed by atoms with van der Waals surface area (Å²) >= 11 is 0. The van der Waals surface area contributed by atoms with E-state index >= 15 is 0 Å². The minimum atomic E-state index is -0.521. The summed E-state index contributed by atoms with van der Waals surface area (Å²) < 4.78 is 5.98. The highest BCUT2D eigenvalue weighted by Gasteiger charge is 2.56. The fraction of sp³-hybridized carbons (Fsp3) is 0.632. The molecular formula is C38H56N4O5. The Bertz CT molecular complexity index is 1400. The minimum Gasteiger partial charge on any atom is -0.496 e. The molecule has 2 aromatic carbocycles. The van der Waals surface area contributed by atoms with Gasteiger partial charge in [0, 0.05) is 41.7 Å². The molecule has 0 unspecified atom stereocenters. The number of rotatable bonds is 13. The highest BCUT2D eigenvalue weighted by molar-refractivity contribution is 5.96. The van der Waals surface area contributed by atoms with Crippen LogP contribution in [0.15, 0.2) is 42.5 Å². The summed E-state index contributed by atoms with van der Waals surface area (Å²) in [6, 6.07) is 13.2. The van der Waals surface area contributed by atoms with E-state index in [9.17, 15) is 14.7 Å². The number of nitrogens with zero attached hydrogens (tertiary/aromatic N) is 2. The zero-order valence-electron chi connectivity index (χ0n) is 29.6. The molecule has 3 saturated carbocycles. The number of methoxy groups -OCH3 is 1. The Kier molecular flexibility index (Phi) is 11.0. The van der Waals surface area contributed by atoms with Crippen molar-refractivity contribution in [1.29, 1.82) is 0 Å². The highest BCUT2D eigenvalue weighted by Crippen LogP contribution is 2.61. The van der Waals surface area contributed by atoms with Gasteiger partial charge in [-0.25, -0.2) is 0 Å². The predicted octanol–water partition coefficient (Wildman–Crippen LogP) is 5.12. The second-order valence-corrected chi connectivity index (χ2v) is 15.4. The van der Waals surface area contributed by atoms with Gasteiger partial charge in [0.15, 0.2) is 0 Å². The fourth-order valence-electron chi connectivity index (χ4n) is 8.42. The topological polar surface area (TPSA) is 103 Å². The molecule has 9 heteroatoms. The van der Waals surface area contributed by atoms with E-state index in [1.807, 2.05) is 56.6 Å². The standard InChI is InChI=1S/C38H56N4O5/c1-23(2)15-29(21-41(6)7)39-36(44)26-12-9-11-25(16-26)31-14-10-13-27(35(31)46-8)20-42-34(19-30(22-43)47-42)37(45)40-33-18-28-17-32(24(33)3)38(28,4)5/h9-14,16,23-24,28-30,32-34,43H,15,17-22H2,1-8H3,(H,39,44)(H,40,45)/t24-,28+,29-,30+,32-,33-,34-/m0/s1. The Balaban J connectivity index is 1.32. The van der Waals surface area contributed by atoms with Crippen LogP contribution in [-0.4, -0.2) is 85.5 Å². The molecule has 2 bridgehead atoms. The van der Waals surface area contributed by atoms with E-state index in [0.29, 0.717) is 53.4 Å². The van der Waals surface area contributed by atoms with E-state index in [0.717, 1.165) is 36.1 Å². The molecule has 1 saturated heterocycles. The molecule has 47 heavy (non-hydrogen) atoms. The van der Waals surface area contributed by atoms with Gasteiger partial charge in [-0.05, 0) is 80.1 Å². The van der Waals surface area contributed by atoms with E-state index in [2.05, 4.69) is 50.2 Å². The van der Waals surface area contributed by atoms with Crippen molar-refractivity contribution in [2.45, 2.75) is 91.1 Å². The van der Waals surface area contributed by atoms with Gasteiger partial charge in [0.1, 0.15) is 17.9 Å². The summed E-state index contributed by atoms with van der Waals surface area (Å²) in [4.78, 5) is 35.4. The summed E-state index contributed by atoms with van der Waals surface area (Å²) in [6.45, 7) is 12.3. The van der Waals surface area contributed by atoms with Crippen LogP contribution in [0.2, 0.25) is 0 Å². The monoisotopic (exact) mass is 648 g/mol. The average Bonchev–Trinajstić information content (AvgIpc) is 3.44. The van der Waals surface area contributed by atoms with Gasteiger partial charge >= 0.3 is 0 Å². The van der Waals surface area contributed by atoms with Crippen LogP contribution in [-0.2, 0) is 16.2 Å². The van der Waals surface area contributed by atoms with Gasteiger partial charge in [0.05, 0.1) is 20.3 Å². The van der Waals surface area contributed by atoms with E-state index < -0.39 is 12.1 Å². The Morgan fingerprint density at radius 1 is 1.13 bits per heavy atom. The third kappa shape index (κ3) is 7.69. The maximum atomic E-state index is 13.8. The lowest BCUT2D eigenvalue weighted by molar-refractivity contribution is -0.182.